The van der Waals surface area contributed by atoms with Gasteiger partial charge < -0.3 is 19.4 Å². The Morgan fingerprint density at radius 3 is 3.04 bits per heavy atom. The van der Waals surface area contributed by atoms with Gasteiger partial charge in [-0.1, -0.05) is 5.10 Å². The summed E-state index contributed by atoms with van der Waals surface area (Å²) in [6.07, 6.45) is 6.76. The van der Waals surface area contributed by atoms with Gasteiger partial charge in [0.25, 0.3) is 0 Å². The Hall–Kier alpha value is -2.22. The Bertz CT molecular complexity index is 644. The van der Waals surface area contributed by atoms with Crippen LogP contribution in [0, 0.1) is 0 Å². The van der Waals surface area contributed by atoms with Crippen LogP contribution in [0.1, 0.15) is 31.1 Å². The molecule has 0 spiro atoms. The zero-order valence-electron chi connectivity index (χ0n) is 13.1. The summed E-state index contributed by atoms with van der Waals surface area (Å²) in [6, 6.07) is 2.67. The van der Waals surface area contributed by atoms with Crippen molar-refractivity contribution in [2.75, 3.05) is 30.4 Å². The van der Waals surface area contributed by atoms with Gasteiger partial charge in [0.05, 0.1) is 12.1 Å². The lowest BCUT2D eigenvalue weighted by Crippen LogP contribution is -2.35. The van der Waals surface area contributed by atoms with Gasteiger partial charge in [0.1, 0.15) is 12.1 Å². The van der Waals surface area contributed by atoms with Gasteiger partial charge in [-0.15, -0.1) is 5.10 Å². The van der Waals surface area contributed by atoms with Crippen LogP contribution >= 0.6 is 0 Å². The van der Waals surface area contributed by atoms with Crippen molar-refractivity contribution >= 4 is 11.8 Å². The topological polar surface area (TPSA) is 89.2 Å². The third kappa shape index (κ3) is 3.12. The maximum absolute atomic E-state index is 5.65. The molecule has 1 saturated heterocycles. The molecule has 1 N–H and O–H groups in total. The van der Waals surface area contributed by atoms with Crippen LogP contribution in [-0.2, 0) is 4.74 Å². The maximum Gasteiger partial charge on any atom is 0.315 e. The Kier molecular flexibility index (Phi) is 3.82. The second-order valence-electron chi connectivity index (χ2n) is 6.07. The van der Waals surface area contributed by atoms with Crippen LogP contribution in [-0.4, -0.2) is 52.5 Å². The van der Waals surface area contributed by atoms with Gasteiger partial charge in [0.2, 0.25) is 5.89 Å². The normalized spacial score (nSPS) is 24.1. The second kappa shape index (κ2) is 6.11. The average molecular weight is 316 g/mol. The van der Waals surface area contributed by atoms with E-state index < -0.39 is 0 Å². The molecule has 1 saturated carbocycles. The summed E-state index contributed by atoms with van der Waals surface area (Å²) in [5.41, 5.74) is 0. The number of aromatic nitrogens is 4. The summed E-state index contributed by atoms with van der Waals surface area (Å²) in [4.78, 5) is 10.6. The van der Waals surface area contributed by atoms with Crippen molar-refractivity contribution in [1.82, 2.24) is 20.2 Å². The molecular formula is C15H20N6O2. The van der Waals surface area contributed by atoms with E-state index in [1.54, 1.807) is 19.6 Å². The SMILES string of the molecule is CO[C@@H]1C[C@H](CNc2nnc(C3CC3)o2)N(c2ccncn2)C1. The number of hydrogen-bond donors (Lipinski definition) is 1. The summed E-state index contributed by atoms with van der Waals surface area (Å²) >= 11 is 0. The average Bonchev–Trinajstić information content (AvgIpc) is 3.19. The largest absolute Gasteiger partial charge is 0.408 e. The molecule has 2 fully saturated rings. The van der Waals surface area contributed by atoms with E-state index in [2.05, 4.69) is 30.4 Å². The highest BCUT2D eigenvalue weighted by atomic mass is 16.5. The lowest BCUT2D eigenvalue weighted by Gasteiger charge is -2.24. The molecule has 1 aliphatic carbocycles. The lowest BCUT2D eigenvalue weighted by molar-refractivity contribution is 0.118. The molecule has 8 nitrogen and oxygen atoms in total. The number of nitrogens with one attached hydrogen (secondary N) is 1. The number of anilines is 2. The monoisotopic (exact) mass is 316 g/mol. The zero-order valence-corrected chi connectivity index (χ0v) is 13.1. The van der Waals surface area contributed by atoms with Crippen molar-refractivity contribution < 1.29 is 9.15 Å². The molecule has 0 amide bonds. The number of rotatable bonds is 6. The Morgan fingerprint density at radius 1 is 1.39 bits per heavy atom. The maximum atomic E-state index is 5.65. The lowest BCUT2D eigenvalue weighted by atomic mass is 10.2. The van der Waals surface area contributed by atoms with E-state index in [9.17, 15) is 0 Å². The quantitative estimate of drug-likeness (QED) is 0.856. The third-order valence-corrected chi connectivity index (χ3v) is 4.43. The first kappa shape index (κ1) is 14.4. The molecule has 2 aliphatic rings. The van der Waals surface area contributed by atoms with E-state index in [4.69, 9.17) is 9.15 Å². The van der Waals surface area contributed by atoms with Crippen LogP contribution in [0.2, 0.25) is 0 Å². The molecule has 8 heteroatoms. The molecule has 23 heavy (non-hydrogen) atoms. The number of methoxy groups -OCH3 is 1. The van der Waals surface area contributed by atoms with Crippen LogP contribution in [0.15, 0.2) is 23.0 Å². The molecule has 0 unspecified atom stereocenters. The zero-order chi connectivity index (χ0) is 15.6. The van der Waals surface area contributed by atoms with E-state index in [1.165, 1.54) is 0 Å². The van der Waals surface area contributed by atoms with Gasteiger partial charge in [-0.2, -0.15) is 0 Å². The summed E-state index contributed by atoms with van der Waals surface area (Å²) in [7, 11) is 1.75. The van der Waals surface area contributed by atoms with Crippen molar-refractivity contribution in [3.05, 3.63) is 24.5 Å². The summed E-state index contributed by atoms with van der Waals surface area (Å²) < 4.78 is 11.2. The number of hydrogen-bond acceptors (Lipinski definition) is 8. The van der Waals surface area contributed by atoms with Crippen molar-refractivity contribution in [3.8, 4) is 0 Å². The fourth-order valence-corrected chi connectivity index (χ4v) is 2.98. The molecular weight excluding hydrogens is 296 g/mol. The van der Waals surface area contributed by atoms with E-state index in [1.807, 2.05) is 6.07 Å². The van der Waals surface area contributed by atoms with E-state index in [0.29, 0.717) is 18.5 Å². The van der Waals surface area contributed by atoms with Crippen LogP contribution in [0.3, 0.4) is 0 Å². The van der Waals surface area contributed by atoms with Crippen LogP contribution in [0.4, 0.5) is 11.8 Å². The minimum atomic E-state index is 0.196. The first-order valence-corrected chi connectivity index (χ1v) is 7.96. The van der Waals surface area contributed by atoms with Crippen LogP contribution in [0.25, 0.3) is 0 Å². The highest BCUT2D eigenvalue weighted by Crippen LogP contribution is 2.39. The predicted molar refractivity (Wildman–Crippen MR) is 83.3 cm³/mol. The number of ether oxygens (including phenoxy) is 1. The fourth-order valence-electron chi connectivity index (χ4n) is 2.98. The molecule has 0 bridgehead atoms. The molecule has 2 aromatic heterocycles. The van der Waals surface area contributed by atoms with Gasteiger partial charge in [-0.05, 0) is 25.3 Å². The van der Waals surface area contributed by atoms with Gasteiger partial charge in [-0.25, -0.2) is 9.97 Å². The molecule has 1 aliphatic heterocycles. The summed E-state index contributed by atoms with van der Waals surface area (Å²) in [5.74, 6) is 2.14. The van der Waals surface area contributed by atoms with Crippen LogP contribution < -0.4 is 10.2 Å². The minimum absolute atomic E-state index is 0.196. The highest BCUT2D eigenvalue weighted by molar-refractivity contribution is 5.41. The van der Waals surface area contributed by atoms with Gasteiger partial charge in [0.15, 0.2) is 0 Å². The van der Waals surface area contributed by atoms with Crippen molar-refractivity contribution in [2.45, 2.75) is 37.3 Å². The molecule has 4 rings (SSSR count). The molecule has 2 atom stereocenters. The smallest absolute Gasteiger partial charge is 0.315 e. The first-order chi connectivity index (χ1) is 11.3. The number of nitrogens with zero attached hydrogens (tertiary/aromatic N) is 5. The highest BCUT2D eigenvalue weighted by Gasteiger charge is 2.33. The van der Waals surface area contributed by atoms with E-state index >= 15 is 0 Å². The molecule has 122 valence electrons. The predicted octanol–water partition coefficient (Wildman–Crippen LogP) is 1.44. The van der Waals surface area contributed by atoms with Gasteiger partial charge >= 0.3 is 6.01 Å². The minimum Gasteiger partial charge on any atom is -0.408 e. The molecule has 3 heterocycles. The Labute approximate surface area is 134 Å². The summed E-state index contributed by atoms with van der Waals surface area (Å²) in [6.45, 7) is 1.52. The third-order valence-electron chi connectivity index (χ3n) is 4.43. The molecule has 2 aromatic rings. The second-order valence-corrected chi connectivity index (χ2v) is 6.07. The van der Waals surface area contributed by atoms with E-state index in [-0.39, 0.29) is 12.1 Å². The fraction of sp³-hybridized carbons (Fsp3) is 0.600. The van der Waals surface area contributed by atoms with Crippen molar-refractivity contribution in [1.29, 1.82) is 0 Å². The Balaban J connectivity index is 1.42. The van der Waals surface area contributed by atoms with Crippen LogP contribution in [0.5, 0.6) is 0 Å². The van der Waals surface area contributed by atoms with Gasteiger partial charge in [0, 0.05) is 32.3 Å². The molecule has 0 aromatic carbocycles. The van der Waals surface area contributed by atoms with Gasteiger partial charge in [-0.3, -0.25) is 0 Å². The summed E-state index contributed by atoms with van der Waals surface area (Å²) in [5, 5.41) is 11.4. The van der Waals surface area contributed by atoms with Crippen molar-refractivity contribution in [3.63, 3.8) is 0 Å². The first-order valence-electron chi connectivity index (χ1n) is 7.96. The Morgan fingerprint density at radius 2 is 2.30 bits per heavy atom. The molecule has 0 radical (unpaired) electrons. The standard InChI is InChI=1S/C15H20N6O2/c1-22-12-6-11(21(8-12)13-4-5-16-9-18-13)7-17-15-20-19-14(23-15)10-2-3-10/h4-5,9-12H,2-3,6-8H2,1H3,(H,17,20)/t11-,12-/m1/s1. The van der Waals surface area contributed by atoms with E-state index in [0.717, 1.165) is 37.5 Å². The van der Waals surface area contributed by atoms with Crippen molar-refractivity contribution in [2.24, 2.45) is 0 Å².